The Hall–Kier alpha value is -2.45. The summed E-state index contributed by atoms with van der Waals surface area (Å²) in [6.07, 6.45) is 1.75. The number of aryl methyl sites for hydroxylation is 1. The highest BCUT2D eigenvalue weighted by Crippen LogP contribution is 2.32. The molecular weight excluding hydrogens is 355 g/mol. The Morgan fingerprint density at radius 2 is 2.23 bits per heavy atom. The molecule has 0 spiro atoms. The van der Waals surface area contributed by atoms with Crippen molar-refractivity contribution < 1.29 is 13.9 Å². The maximum atomic E-state index is 13.8. The predicted molar refractivity (Wildman–Crippen MR) is 101 cm³/mol. The fourth-order valence-corrected chi connectivity index (χ4v) is 3.27. The molecule has 0 saturated carbocycles. The second kappa shape index (κ2) is 8.29. The summed E-state index contributed by atoms with van der Waals surface area (Å²) >= 11 is 1.31. The molecular formula is C18H19FN4O2S. The monoisotopic (exact) mass is 374 g/mol. The zero-order chi connectivity index (χ0) is 18.5. The normalized spacial score (nSPS) is 14.7. The minimum Gasteiger partial charge on any atom is -0.467 e. The van der Waals surface area contributed by atoms with Gasteiger partial charge in [-0.2, -0.15) is 5.10 Å². The van der Waals surface area contributed by atoms with E-state index in [1.807, 2.05) is 26.0 Å². The van der Waals surface area contributed by atoms with Crippen molar-refractivity contribution in [2.24, 2.45) is 15.9 Å². The van der Waals surface area contributed by atoms with Crippen LogP contribution in [-0.2, 0) is 17.1 Å². The second-order valence-electron chi connectivity index (χ2n) is 5.75. The van der Waals surface area contributed by atoms with Crippen LogP contribution in [0.25, 0.3) is 0 Å². The molecule has 1 aliphatic rings. The number of pyridine rings is 1. The Labute approximate surface area is 155 Å². The van der Waals surface area contributed by atoms with Crippen molar-refractivity contribution >= 4 is 22.6 Å². The number of fused-ring (bicyclic) bond motifs is 1. The number of halogens is 1. The zero-order valence-electron chi connectivity index (χ0n) is 14.5. The lowest BCUT2D eigenvalue weighted by atomic mass is 10.1. The molecule has 3 rings (SSSR count). The lowest BCUT2D eigenvalue weighted by Gasteiger charge is -2.20. The predicted octanol–water partition coefficient (Wildman–Crippen LogP) is 3.37. The highest BCUT2D eigenvalue weighted by molar-refractivity contribution is 8.13. The standard InChI is InChI=1S/C18H19FN4O2S/c1-11-3-4-13(7-21-11)12(2)22-18(23-20)26-9-15-6-16(19)5-14-8-24-10-25-17(14)15/h3-7H,8-10,20H2,1-2H3/b22-12+,23-18-. The molecule has 0 fully saturated rings. The van der Waals surface area contributed by atoms with E-state index in [0.29, 0.717) is 28.8 Å². The molecule has 26 heavy (non-hydrogen) atoms. The van der Waals surface area contributed by atoms with Gasteiger partial charge in [0, 0.05) is 40.0 Å². The van der Waals surface area contributed by atoms with E-state index < -0.39 is 0 Å². The number of hydrazone groups is 1. The van der Waals surface area contributed by atoms with Crippen LogP contribution >= 0.6 is 11.8 Å². The van der Waals surface area contributed by atoms with E-state index in [4.69, 9.17) is 15.3 Å². The number of hydrogen-bond donors (Lipinski definition) is 1. The number of ether oxygens (including phenoxy) is 2. The fourth-order valence-electron chi connectivity index (χ4n) is 2.49. The minimum atomic E-state index is -0.329. The topological polar surface area (TPSA) is 82.1 Å². The Bertz CT molecular complexity index is 853. The SMILES string of the molecule is C/C(=N\C(=N\N)SCc1cc(F)cc2c1OCOC2)c1ccc(C)nc1. The van der Waals surface area contributed by atoms with Crippen LogP contribution in [0, 0.1) is 12.7 Å². The summed E-state index contributed by atoms with van der Waals surface area (Å²) in [5.41, 5.74) is 3.99. The van der Waals surface area contributed by atoms with Gasteiger partial charge in [0.1, 0.15) is 11.6 Å². The molecule has 0 atom stereocenters. The van der Waals surface area contributed by atoms with E-state index in [2.05, 4.69) is 15.1 Å². The van der Waals surface area contributed by atoms with Crippen LogP contribution in [0.5, 0.6) is 5.75 Å². The molecule has 2 aromatic rings. The van der Waals surface area contributed by atoms with Gasteiger partial charge >= 0.3 is 0 Å². The zero-order valence-corrected chi connectivity index (χ0v) is 15.3. The van der Waals surface area contributed by atoms with E-state index in [-0.39, 0.29) is 12.6 Å². The maximum absolute atomic E-state index is 13.8. The number of hydrogen-bond acceptors (Lipinski definition) is 6. The first-order valence-corrected chi connectivity index (χ1v) is 8.96. The van der Waals surface area contributed by atoms with Gasteiger partial charge < -0.3 is 15.3 Å². The average Bonchev–Trinajstić information content (AvgIpc) is 2.65. The number of rotatable bonds is 3. The van der Waals surface area contributed by atoms with Gasteiger partial charge in [-0.25, -0.2) is 9.38 Å². The van der Waals surface area contributed by atoms with Crippen molar-refractivity contribution in [3.05, 3.63) is 58.7 Å². The van der Waals surface area contributed by atoms with E-state index in [1.165, 1.54) is 23.9 Å². The lowest BCUT2D eigenvalue weighted by molar-refractivity contribution is -0.0171. The van der Waals surface area contributed by atoms with Crippen molar-refractivity contribution in [2.45, 2.75) is 26.2 Å². The van der Waals surface area contributed by atoms with Crippen molar-refractivity contribution in [1.82, 2.24) is 4.98 Å². The summed E-state index contributed by atoms with van der Waals surface area (Å²) in [6, 6.07) is 6.73. The first-order chi connectivity index (χ1) is 12.6. The van der Waals surface area contributed by atoms with Crippen LogP contribution in [-0.4, -0.2) is 22.7 Å². The summed E-state index contributed by atoms with van der Waals surface area (Å²) in [5, 5.41) is 4.13. The number of nitrogens with two attached hydrogens (primary N) is 1. The molecule has 0 aliphatic carbocycles. The molecule has 8 heteroatoms. The third kappa shape index (κ3) is 4.39. The molecule has 136 valence electrons. The molecule has 0 unspecified atom stereocenters. The quantitative estimate of drug-likeness (QED) is 0.385. The van der Waals surface area contributed by atoms with Crippen LogP contribution in [0.1, 0.15) is 29.3 Å². The largest absolute Gasteiger partial charge is 0.467 e. The molecule has 6 nitrogen and oxygen atoms in total. The van der Waals surface area contributed by atoms with E-state index in [9.17, 15) is 4.39 Å². The first-order valence-electron chi connectivity index (χ1n) is 7.97. The average molecular weight is 374 g/mol. The molecule has 0 amide bonds. The number of aromatic nitrogens is 1. The number of aliphatic imine (C=N–C) groups is 1. The number of nitrogens with zero attached hydrogens (tertiary/aromatic N) is 3. The minimum absolute atomic E-state index is 0.159. The summed E-state index contributed by atoms with van der Waals surface area (Å²) in [7, 11) is 0. The van der Waals surface area contributed by atoms with Crippen molar-refractivity contribution in [1.29, 1.82) is 0 Å². The molecule has 1 aromatic heterocycles. The van der Waals surface area contributed by atoms with E-state index in [0.717, 1.165) is 22.5 Å². The summed E-state index contributed by atoms with van der Waals surface area (Å²) in [6.45, 7) is 4.28. The molecule has 2 N–H and O–H groups in total. The smallest absolute Gasteiger partial charge is 0.206 e. The Balaban J connectivity index is 1.75. The van der Waals surface area contributed by atoms with Crippen LogP contribution in [0.15, 0.2) is 40.6 Å². The number of amidine groups is 1. The molecule has 0 saturated heterocycles. The Morgan fingerprint density at radius 3 is 2.96 bits per heavy atom. The van der Waals surface area contributed by atoms with Crippen molar-refractivity contribution in [3.63, 3.8) is 0 Å². The maximum Gasteiger partial charge on any atom is 0.206 e. The van der Waals surface area contributed by atoms with Gasteiger partial charge in [-0.05, 0) is 38.1 Å². The van der Waals surface area contributed by atoms with Gasteiger partial charge in [0.05, 0.1) is 6.61 Å². The van der Waals surface area contributed by atoms with E-state index >= 15 is 0 Å². The first kappa shape index (κ1) is 18.3. The van der Waals surface area contributed by atoms with Crippen LogP contribution < -0.4 is 10.6 Å². The van der Waals surface area contributed by atoms with Crippen molar-refractivity contribution in [3.8, 4) is 5.75 Å². The highest BCUT2D eigenvalue weighted by atomic mass is 32.2. The van der Waals surface area contributed by atoms with Gasteiger partial charge in [-0.1, -0.05) is 11.8 Å². The molecule has 0 bridgehead atoms. The van der Waals surface area contributed by atoms with Gasteiger partial charge in [0.2, 0.25) is 5.17 Å². The Morgan fingerprint density at radius 1 is 1.38 bits per heavy atom. The highest BCUT2D eigenvalue weighted by Gasteiger charge is 2.17. The van der Waals surface area contributed by atoms with Crippen LogP contribution in [0.3, 0.4) is 0 Å². The summed E-state index contributed by atoms with van der Waals surface area (Å²) in [4.78, 5) is 8.71. The molecule has 2 heterocycles. The van der Waals surface area contributed by atoms with Gasteiger partial charge in [0.25, 0.3) is 0 Å². The number of thioether (sulfide) groups is 1. The third-order valence-electron chi connectivity index (χ3n) is 3.81. The van der Waals surface area contributed by atoms with Crippen LogP contribution in [0.2, 0.25) is 0 Å². The fraction of sp³-hybridized carbons (Fsp3) is 0.278. The van der Waals surface area contributed by atoms with Crippen LogP contribution in [0.4, 0.5) is 4.39 Å². The molecule has 1 aliphatic heterocycles. The summed E-state index contributed by atoms with van der Waals surface area (Å²) in [5.74, 6) is 6.23. The summed E-state index contributed by atoms with van der Waals surface area (Å²) < 4.78 is 24.5. The van der Waals surface area contributed by atoms with Gasteiger partial charge in [-0.3, -0.25) is 4.98 Å². The lowest BCUT2D eigenvalue weighted by Crippen LogP contribution is -2.13. The molecule has 1 aromatic carbocycles. The van der Waals surface area contributed by atoms with Crippen molar-refractivity contribution in [2.75, 3.05) is 6.79 Å². The third-order valence-corrected chi connectivity index (χ3v) is 4.72. The number of benzene rings is 1. The second-order valence-corrected chi connectivity index (χ2v) is 6.69. The van der Waals surface area contributed by atoms with Gasteiger partial charge in [0.15, 0.2) is 6.79 Å². The van der Waals surface area contributed by atoms with E-state index in [1.54, 1.807) is 6.20 Å². The molecule has 0 radical (unpaired) electrons. The Kier molecular flexibility index (Phi) is 5.85. The van der Waals surface area contributed by atoms with Gasteiger partial charge in [-0.15, -0.1) is 0 Å².